The van der Waals surface area contributed by atoms with Gasteiger partial charge in [-0.3, -0.25) is 0 Å². The summed E-state index contributed by atoms with van der Waals surface area (Å²) in [6, 6.07) is 0. The van der Waals surface area contributed by atoms with Gasteiger partial charge in [-0.1, -0.05) is 31.9 Å². The van der Waals surface area contributed by atoms with Crippen LogP contribution in [0.3, 0.4) is 0 Å². The summed E-state index contributed by atoms with van der Waals surface area (Å²) in [5, 5.41) is -0.141. The lowest BCUT2D eigenvalue weighted by atomic mass is 9.69. The summed E-state index contributed by atoms with van der Waals surface area (Å²) in [5.74, 6) is -0.576. The third-order valence-electron chi connectivity index (χ3n) is 3.88. The fraction of sp³-hybridized carbons (Fsp3) is 0.846. The first-order valence-electron chi connectivity index (χ1n) is 6.05. The largest absolute Gasteiger partial charge is 0.346 e. The zero-order chi connectivity index (χ0) is 12.0. The molecule has 1 saturated heterocycles. The van der Waals surface area contributed by atoms with Crippen LogP contribution in [0.25, 0.3) is 0 Å². The maximum Gasteiger partial charge on any atom is 0.189 e. The molecule has 16 heavy (non-hydrogen) atoms. The molecule has 0 N–H and O–H groups in total. The Morgan fingerprint density at radius 2 is 1.88 bits per heavy atom. The summed E-state index contributed by atoms with van der Waals surface area (Å²) < 4.78 is 11.6. The van der Waals surface area contributed by atoms with E-state index in [-0.39, 0.29) is 10.8 Å². The average Bonchev–Trinajstić information content (AvgIpc) is 2.64. The molecule has 0 bridgehead atoms. The summed E-state index contributed by atoms with van der Waals surface area (Å²) in [5.41, 5.74) is 2.81. The van der Waals surface area contributed by atoms with E-state index < -0.39 is 5.79 Å². The van der Waals surface area contributed by atoms with Crippen LogP contribution < -0.4 is 0 Å². The van der Waals surface area contributed by atoms with Crippen molar-refractivity contribution in [3.8, 4) is 0 Å². The van der Waals surface area contributed by atoms with Gasteiger partial charge in [0.2, 0.25) is 0 Å². The minimum Gasteiger partial charge on any atom is -0.346 e. The highest BCUT2D eigenvalue weighted by Crippen LogP contribution is 2.51. The van der Waals surface area contributed by atoms with Crippen molar-refractivity contribution in [1.29, 1.82) is 0 Å². The fourth-order valence-electron chi connectivity index (χ4n) is 3.31. The van der Waals surface area contributed by atoms with Crippen molar-refractivity contribution in [2.75, 3.05) is 13.2 Å². The monoisotopic (exact) mass is 244 g/mol. The summed E-state index contributed by atoms with van der Waals surface area (Å²) in [6.45, 7) is 10.1. The molecule has 1 spiro atoms. The number of hydrogen-bond donors (Lipinski definition) is 0. The number of hydrogen-bond acceptors (Lipinski definition) is 2. The van der Waals surface area contributed by atoms with E-state index in [1.54, 1.807) is 0 Å². The van der Waals surface area contributed by atoms with Crippen molar-refractivity contribution in [2.24, 2.45) is 5.41 Å². The second kappa shape index (κ2) is 4.01. The zero-order valence-corrected chi connectivity index (χ0v) is 11.4. The highest BCUT2D eigenvalue weighted by Gasteiger charge is 2.52. The average molecular weight is 245 g/mol. The van der Waals surface area contributed by atoms with Gasteiger partial charge in [0.25, 0.3) is 0 Å². The van der Waals surface area contributed by atoms with Gasteiger partial charge in [-0.25, -0.2) is 0 Å². The number of ether oxygens (including phenoxy) is 2. The first-order chi connectivity index (χ1) is 7.43. The van der Waals surface area contributed by atoms with Crippen LogP contribution in [-0.4, -0.2) is 24.4 Å². The van der Waals surface area contributed by atoms with E-state index in [1.807, 2.05) is 0 Å². The van der Waals surface area contributed by atoms with Gasteiger partial charge >= 0.3 is 0 Å². The van der Waals surface area contributed by atoms with Crippen molar-refractivity contribution in [3.63, 3.8) is 0 Å². The van der Waals surface area contributed by atoms with Gasteiger partial charge in [0.1, 0.15) is 5.38 Å². The Labute approximate surface area is 103 Å². The lowest BCUT2D eigenvalue weighted by Crippen LogP contribution is -2.49. The minimum atomic E-state index is -0.576. The zero-order valence-electron chi connectivity index (χ0n) is 10.6. The molecule has 1 fully saturated rings. The lowest BCUT2D eigenvalue weighted by molar-refractivity contribution is -0.176. The maximum absolute atomic E-state index is 6.52. The molecule has 1 aliphatic carbocycles. The molecule has 2 nitrogen and oxygen atoms in total. The van der Waals surface area contributed by atoms with Gasteiger partial charge in [0, 0.05) is 6.42 Å². The number of alkyl halides is 1. The smallest absolute Gasteiger partial charge is 0.189 e. The standard InChI is InChI=1S/C13H21ClO2/c1-5-10-9(2)11(14)13(8-12(10,3)4)15-6-7-16-13/h11H,5-8H2,1-4H3. The predicted molar refractivity (Wildman–Crippen MR) is 65.7 cm³/mol. The molecule has 1 atom stereocenters. The molecule has 1 aliphatic heterocycles. The van der Waals surface area contributed by atoms with E-state index in [4.69, 9.17) is 21.1 Å². The van der Waals surface area contributed by atoms with Gasteiger partial charge in [-0.15, -0.1) is 11.6 Å². The van der Waals surface area contributed by atoms with E-state index in [2.05, 4.69) is 27.7 Å². The first-order valence-corrected chi connectivity index (χ1v) is 6.49. The van der Waals surface area contributed by atoms with E-state index in [9.17, 15) is 0 Å². The molecule has 0 aromatic rings. The van der Waals surface area contributed by atoms with Gasteiger partial charge in [-0.2, -0.15) is 0 Å². The quantitative estimate of drug-likeness (QED) is 0.519. The Bertz CT molecular complexity index is 314. The van der Waals surface area contributed by atoms with Crippen molar-refractivity contribution in [1.82, 2.24) is 0 Å². The van der Waals surface area contributed by atoms with Crippen molar-refractivity contribution >= 4 is 11.6 Å². The molecule has 1 heterocycles. The van der Waals surface area contributed by atoms with Crippen LogP contribution in [0.4, 0.5) is 0 Å². The molecule has 1 unspecified atom stereocenters. The molecule has 0 saturated carbocycles. The molecule has 2 rings (SSSR count). The van der Waals surface area contributed by atoms with Gasteiger partial charge in [0.05, 0.1) is 13.2 Å². The van der Waals surface area contributed by atoms with Crippen LogP contribution >= 0.6 is 11.6 Å². The predicted octanol–water partition coefficient (Wildman–Crippen LogP) is 3.49. The number of allylic oxidation sites excluding steroid dienone is 1. The summed E-state index contributed by atoms with van der Waals surface area (Å²) in [4.78, 5) is 0. The molecule has 3 heteroatoms. The second-order valence-corrected chi connectivity index (χ2v) is 5.88. The highest BCUT2D eigenvalue weighted by atomic mass is 35.5. The van der Waals surface area contributed by atoms with Crippen LogP contribution in [0, 0.1) is 5.41 Å². The Balaban J connectivity index is 2.42. The van der Waals surface area contributed by atoms with Gasteiger partial charge < -0.3 is 9.47 Å². The number of halogens is 1. The Morgan fingerprint density at radius 3 is 2.38 bits per heavy atom. The van der Waals surface area contributed by atoms with E-state index in [0.29, 0.717) is 13.2 Å². The van der Waals surface area contributed by atoms with Crippen LogP contribution in [0.5, 0.6) is 0 Å². The lowest BCUT2D eigenvalue weighted by Gasteiger charge is -2.46. The third kappa shape index (κ3) is 1.71. The fourth-order valence-corrected chi connectivity index (χ4v) is 3.64. The molecule has 0 aromatic carbocycles. The Hall–Kier alpha value is -0.0500. The highest BCUT2D eigenvalue weighted by molar-refractivity contribution is 6.23. The van der Waals surface area contributed by atoms with Crippen LogP contribution in [0.1, 0.15) is 40.5 Å². The van der Waals surface area contributed by atoms with Crippen molar-refractivity contribution < 1.29 is 9.47 Å². The molecule has 0 aromatic heterocycles. The van der Waals surface area contributed by atoms with E-state index in [1.165, 1.54) is 11.1 Å². The van der Waals surface area contributed by atoms with Crippen molar-refractivity contribution in [3.05, 3.63) is 11.1 Å². The Morgan fingerprint density at radius 1 is 1.31 bits per heavy atom. The summed E-state index contributed by atoms with van der Waals surface area (Å²) in [7, 11) is 0. The SMILES string of the molecule is CCC1=C(C)C(Cl)C2(CC1(C)C)OCCO2. The molecular weight excluding hydrogens is 224 g/mol. The second-order valence-electron chi connectivity index (χ2n) is 5.45. The number of rotatable bonds is 1. The summed E-state index contributed by atoms with van der Waals surface area (Å²) in [6.07, 6.45) is 1.91. The third-order valence-corrected chi connectivity index (χ3v) is 4.54. The normalized spacial score (nSPS) is 32.4. The van der Waals surface area contributed by atoms with E-state index in [0.717, 1.165) is 12.8 Å². The molecule has 0 amide bonds. The molecular formula is C13H21ClO2. The van der Waals surface area contributed by atoms with Gasteiger partial charge in [-0.05, 0) is 18.8 Å². The first kappa shape index (κ1) is 12.4. The molecule has 2 aliphatic rings. The van der Waals surface area contributed by atoms with Crippen LogP contribution in [0.2, 0.25) is 0 Å². The minimum absolute atomic E-state index is 0.120. The van der Waals surface area contributed by atoms with Crippen LogP contribution in [-0.2, 0) is 9.47 Å². The molecule has 92 valence electrons. The van der Waals surface area contributed by atoms with Crippen molar-refractivity contribution in [2.45, 2.75) is 51.7 Å². The van der Waals surface area contributed by atoms with E-state index >= 15 is 0 Å². The van der Waals surface area contributed by atoms with Crippen LogP contribution in [0.15, 0.2) is 11.1 Å². The molecule has 0 radical (unpaired) electrons. The maximum atomic E-state index is 6.52. The summed E-state index contributed by atoms with van der Waals surface area (Å²) >= 11 is 6.52. The topological polar surface area (TPSA) is 18.5 Å². The van der Waals surface area contributed by atoms with Gasteiger partial charge in [0.15, 0.2) is 5.79 Å². The Kier molecular flexibility index (Phi) is 3.11.